The number of rotatable bonds is 7. The Kier molecular flexibility index (Phi) is 9.18. The molecule has 4 saturated heterocycles. The lowest BCUT2D eigenvalue weighted by molar-refractivity contribution is -0.111. The number of aromatic nitrogens is 2. The molecule has 3 N–H and O–H groups in total. The first kappa shape index (κ1) is 33.3. The van der Waals surface area contributed by atoms with E-state index in [0.29, 0.717) is 55.6 Å². The van der Waals surface area contributed by atoms with Gasteiger partial charge in [0.05, 0.1) is 23.6 Å². The fraction of sp³-hybridized carbons (Fsp3) is 0.694. The highest BCUT2D eigenvalue weighted by atomic mass is 19.1. The van der Waals surface area contributed by atoms with E-state index in [4.69, 9.17) is 15.2 Å². The molecule has 262 valence electrons. The Bertz CT molecular complexity index is 1440. The van der Waals surface area contributed by atoms with E-state index in [-0.39, 0.29) is 36.1 Å². The van der Waals surface area contributed by atoms with Crippen LogP contribution >= 0.6 is 0 Å². The number of phenolic OH excluding ortho intramolecular Hbond substituents is 1. The number of para-hydroxylation sites is 1. The van der Waals surface area contributed by atoms with Crippen LogP contribution in [-0.4, -0.2) is 124 Å². The first-order valence-electron chi connectivity index (χ1n) is 17.9. The van der Waals surface area contributed by atoms with Crippen LogP contribution in [0.4, 0.5) is 20.7 Å². The van der Waals surface area contributed by atoms with Gasteiger partial charge < -0.3 is 30.1 Å². The van der Waals surface area contributed by atoms with Crippen molar-refractivity contribution in [3.05, 3.63) is 30.3 Å². The van der Waals surface area contributed by atoms with Gasteiger partial charge in [0.25, 0.3) is 0 Å². The number of benzene rings is 1. The molecule has 48 heavy (non-hydrogen) atoms. The molecular weight excluding hydrogens is 613 g/mol. The molecule has 5 aliphatic rings. The quantitative estimate of drug-likeness (QED) is 0.425. The van der Waals surface area contributed by atoms with Gasteiger partial charge in [-0.3, -0.25) is 9.80 Å². The van der Waals surface area contributed by atoms with Crippen molar-refractivity contribution in [1.82, 2.24) is 24.9 Å². The third-order valence-corrected chi connectivity index (χ3v) is 11.2. The van der Waals surface area contributed by atoms with Gasteiger partial charge in [0, 0.05) is 69.5 Å². The van der Waals surface area contributed by atoms with Crippen LogP contribution in [0.5, 0.6) is 5.75 Å². The zero-order chi connectivity index (χ0) is 33.6. The number of nitrogens with two attached hydrogens (primary N) is 1. The van der Waals surface area contributed by atoms with Crippen molar-refractivity contribution < 1.29 is 23.8 Å². The first-order valence-corrected chi connectivity index (χ1v) is 17.9. The zero-order valence-electron chi connectivity index (χ0n) is 28.7. The molecule has 1 amide bonds. The normalized spacial score (nSPS) is 28.3. The summed E-state index contributed by atoms with van der Waals surface area (Å²) in [5.74, 6) is 0.537. The summed E-state index contributed by atoms with van der Waals surface area (Å²) in [5.41, 5.74) is 6.71. The Morgan fingerprint density at radius 3 is 2.29 bits per heavy atom. The zero-order valence-corrected chi connectivity index (χ0v) is 28.7. The summed E-state index contributed by atoms with van der Waals surface area (Å²) < 4.78 is 28.3. The van der Waals surface area contributed by atoms with Crippen molar-refractivity contribution in [2.75, 3.05) is 56.4 Å². The van der Waals surface area contributed by atoms with Crippen LogP contribution in [0.25, 0.3) is 11.3 Å². The maximum atomic E-state index is 16.4. The number of phenols is 1. The maximum Gasteiger partial charge on any atom is 0.410 e. The number of carbonyl (C=O) groups is 1. The van der Waals surface area contributed by atoms with Crippen molar-refractivity contribution in [1.29, 1.82) is 0 Å². The number of amides is 1. The molecule has 11 nitrogen and oxygen atoms in total. The van der Waals surface area contributed by atoms with Crippen molar-refractivity contribution in [3.63, 3.8) is 0 Å². The molecule has 2 unspecified atom stereocenters. The van der Waals surface area contributed by atoms with Gasteiger partial charge in [-0.05, 0) is 90.3 Å². The molecule has 1 aromatic heterocycles. The largest absolute Gasteiger partial charge is 0.507 e. The molecule has 1 saturated carbocycles. The number of halogens is 1. The summed E-state index contributed by atoms with van der Waals surface area (Å²) in [6.45, 7) is 10.7. The number of hydrogen-bond acceptors (Lipinski definition) is 10. The predicted molar refractivity (Wildman–Crippen MR) is 183 cm³/mol. The molecule has 2 aromatic rings. The van der Waals surface area contributed by atoms with Gasteiger partial charge >= 0.3 is 6.09 Å². The molecule has 2 atom stereocenters. The number of hydrogen-bond donors (Lipinski definition) is 2. The Morgan fingerprint density at radius 1 is 0.979 bits per heavy atom. The third kappa shape index (κ3) is 7.21. The average molecular weight is 666 g/mol. The lowest BCUT2D eigenvalue weighted by atomic mass is 9.84. The minimum atomic E-state index is -1.17. The van der Waals surface area contributed by atoms with E-state index in [1.54, 1.807) is 17.0 Å². The fourth-order valence-electron chi connectivity index (χ4n) is 8.41. The number of piperidine rings is 2. The Balaban J connectivity index is 0.859. The number of fused-ring (bicyclic) bond motifs is 2. The van der Waals surface area contributed by atoms with E-state index in [9.17, 15) is 9.90 Å². The Hall–Kier alpha value is -3.22. The van der Waals surface area contributed by atoms with Crippen LogP contribution in [0.15, 0.2) is 30.3 Å². The lowest BCUT2D eigenvalue weighted by Gasteiger charge is -2.49. The van der Waals surface area contributed by atoms with E-state index < -0.39 is 11.3 Å². The van der Waals surface area contributed by atoms with E-state index in [1.165, 1.54) is 0 Å². The number of anilines is 2. The van der Waals surface area contributed by atoms with E-state index in [2.05, 4.69) is 24.9 Å². The molecule has 5 heterocycles. The fourth-order valence-corrected chi connectivity index (χ4v) is 8.41. The molecule has 0 radical (unpaired) electrons. The van der Waals surface area contributed by atoms with Gasteiger partial charge in [0.15, 0.2) is 5.82 Å². The number of piperazine rings is 1. The smallest absolute Gasteiger partial charge is 0.410 e. The summed E-state index contributed by atoms with van der Waals surface area (Å²) in [6.07, 6.45) is 7.18. The lowest BCUT2D eigenvalue weighted by Crippen LogP contribution is -2.60. The van der Waals surface area contributed by atoms with Gasteiger partial charge in [0.2, 0.25) is 0 Å². The van der Waals surface area contributed by atoms with Crippen LogP contribution in [-0.2, 0) is 9.47 Å². The van der Waals surface area contributed by atoms with Crippen LogP contribution in [0, 0.1) is 0 Å². The average Bonchev–Trinajstić information content (AvgIpc) is 3.24. The highest BCUT2D eigenvalue weighted by molar-refractivity contribution is 5.74. The second-order valence-electron chi connectivity index (χ2n) is 15.7. The molecule has 5 fully saturated rings. The number of alkyl halides is 1. The van der Waals surface area contributed by atoms with Crippen molar-refractivity contribution >= 4 is 17.6 Å². The van der Waals surface area contributed by atoms with Gasteiger partial charge in [-0.25, -0.2) is 9.18 Å². The van der Waals surface area contributed by atoms with E-state index >= 15 is 4.39 Å². The topological polar surface area (TPSA) is 121 Å². The Morgan fingerprint density at radius 2 is 1.65 bits per heavy atom. The molecular formula is C36H52FN7O4. The van der Waals surface area contributed by atoms with Gasteiger partial charge in [0.1, 0.15) is 17.0 Å². The molecule has 7 rings (SSSR count). The molecule has 1 aliphatic carbocycles. The number of likely N-dealkylation sites (tertiary alicyclic amines) is 2. The number of ether oxygens (including phenoxy) is 2. The van der Waals surface area contributed by atoms with Gasteiger partial charge in [-0.2, -0.15) is 0 Å². The van der Waals surface area contributed by atoms with Gasteiger partial charge in [-0.1, -0.05) is 12.1 Å². The second-order valence-corrected chi connectivity index (χ2v) is 15.7. The maximum absolute atomic E-state index is 16.4. The first-order chi connectivity index (χ1) is 22.9. The number of nitrogens with zero attached hydrogens (tertiary/aromatic N) is 6. The third-order valence-electron chi connectivity index (χ3n) is 11.2. The summed E-state index contributed by atoms with van der Waals surface area (Å²) >= 11 is 0. The van der Waals surface area contributed by atoms with E-state index in [1.807, 2.05) is 39.0 Å². The molecule has 2 bridgehead atoms. The van der Waals surface area contributed by atoms with Crippen LogP contribution < -0.4 is 10.6 Å². The predicted octanol–water partition coefficient (Wildman–Crippen LogP) is 4.84. The molecule has 1 aromatic carbocycles. The molecule has 4 aliphatic heterocycles. The minimum absolute atomic E-state index is 0.158. The number of nitrogen functional groups attached to an aromatic ring is 1. The van der Waals surface area contributed by atoms with Crippen molar-refractivity contribution in [2.24, 2.45) is 0 Å². The standard InChI is InChI=1S/C36H52FN7O4/c1-35(2,3)48-34(46)42-14-10-27(11-15-42)47-28-18-26(19-28)41-16-12-36(37,13-17-41)23-44-24-8-9-25(44)22-43(21-24)31-20-30(39-40-33(31)38)29-6-4-5-7-32(29)45/h4-7,20,24-28,45H,8-19,21-23H2,1-3H3,(H2,38,40)/t24?,25?,26-,28-. The number of aromatic hydroxyl groups is 1. The van der Waals surface area contributed by atoms with Gasteiger partial charge in [-0.15, -0.1) is 10.2 Å². The highest BCUT2D eigenvalue weighted by Gasteiger charge is 2.47. The highest BCUT2D eigenvalue weighted by Crippen LogP contribution is 2.41. The minimum Gasteiger partial charge on any atom is -0.507 e. The van der Waals surface area contributed by atoms with Crippen LogP contribution in [0.2, 0.25) is 0 Å². The van der Waals surface area contributed by atoms with Crippen LogP contribution in [0.3, 0.4) is 0 Å². The number of carbonyl (C=O) groups excluding carboxylic acids is 1. The van der Waals surface area contributed by atoms with Crippen molar-refractivity contribution in [3.8, 4) is 17.0 Å². The monoisotopic (exact) mass is 665 g/mol. The molecule has 0 spiro atoms. The van der Waals surface area contributed by atoms with Crippen LogP contribution in [0.1, 0.15) is 72.1 Å². The SMILES string of the molecule is CC(C)(C)OC(=O)N1CCC(O[C@H]2C[C@H](N3CCC(F)(CN4C5CCC4CN(c4cc(-c6ccccc6O)nnc4N)C5)CC3)C2)CC1. The summed E-state index contributed by atoms with van der Waals surface area (Å²) in [7, 11) is 0. The summed E-state index contributed by atoms with van der Waals surface area (Å²) in [6, 6.07) is 10.1. The summed E-state index contributed by atoms with van der Waals surface area (Å²) in [4.78, 5) is 21.4. The molecule has 12 heteroatoms. The summed E-state index contributed by atoms with van der Waals surface area (Å²) in [5, 5.41) is 18.8. The van der Waals surface area contributed by atoms with Crippen molar-refractivity contribution in [2.45, 2.75) is 114 Å². The van der Waals surface area contributed by atoms with E-state index in [0.717, 1.165) is 70.4 Å². The Labute approximate surface area is 283 Å². The second kappa shape index (κ2) is 13.2.